The molecule has 0 aliphatic carbocycles. The molecule has 0 aliphatic heterocycles. The number of hydrogen-bond donors (Lipinski definition) is 2. The first-order chi connectivity index (χ1) is 11.5. The van der Waals surface area contributed by atoms with Crippen molar-refractivity contribution in [2.75, 3.05) is 30.4 Å². The van der Waals surface area contributed by atoms with Crippen LogP contribution < -0.4 is 10.2 Å². The molecule has 2 N–H and O–H groups in total. The van der Waals surface area contributed by atoms with Crippen LogP contribution in [0, 0.1) is 11.6 Å². The standard InChI is InChI=1S/C18H20F2N2O2/c1-22(10-11-23)15-6-4-14(5-7-15)21-18(24)9-3-13-2-8-16(19)17(20)12-13/h2,4-8,12,23H,3,9-11H2,1H3,(H,21,24). The molecule has 0 spiro atoms. The number of benzene rings is 2. The lowest BCUT2D eigenvalue weighted by molar-refractivity contribution is -0.116. The second-order valence-corrected chi connectivity index (χ2v) is 5.49. The summed E-state index contributed by atoms with van der Waals surface area (Å²) in [6, 6.07) is 10.9. The SMILES string of the molecule is CN(CCO)c1ccc(NC(=O)CCc2ccc(F)c(F)c2)cc1. The summed E-state index contributed by atoms with van der Waals surface area (Å²) in [7, 11) is 1.87. The second-order valence-electron chi connectivity index (χ2n) is 5.49. The van der Waals surface area contributed by atoms with Gasteiger partial charge in [-0.2, -0.15) is 0 Å². The second kappa shape index (κ2) is 8.40. The highest BCUT2D eigenvalue weighted by atomic mass is 19.2. The zero-order valence-electron chi connectivity index (χ0n) is 13.4. The third-order valence-corrected chi connectivity index (χ3v) is 3.65. The molecular weight excluding hydrogens is 314 g/mol. The van der Waals surface area contributed by atoms with Crippen molar-refractivity contribution in [2.45, 2.75) is 12.8 Å². The molecule has 0 aliphatic rings. The van der Waals surface area contributed by atoms with Crippen molar-refractivity contribution < 1.29 is 18.7 Å². The maximum atomic E-state index is 13.1. The molecule has 0 aromatic heterocycles. The number of carbonyl (C=O) groups is 1. The summed E-state index contributed by atoms with van der Waals surface area (Å²) in [5.41, 5.74) is 2.17. The van der Waals surface area contributed by atoms with E-state index in [1.165, 1.54) is 6.07 Å². The third-order valence-electron chi connectivity index (χ3n) is 3.65. The largest absolute Gasteiger partial charge is 0.395 e. The molecule has 2 rings (SSSR count). The first-order valence-corrected chi connectivity index (χ1v) is 7.65. The number of rotatable bonds is 7. The van der Waals surface area contributed by atoms with Gasteiger partial charge in [0.25, 0.3) is 0 Å². The molecule has 24 heavy (non-hydrogen) atoms. The predicted molar refractivity (Wildman–Crippen MR) is 90.1 cm³/mol. The lowest BCUT2D eigenvalue weighted by Crippen LogP contribution is -2.21. The molecule has 128 valence electrons. The van der Waals surface area contributed by atoms with Gasteiger partial charge in [-0.15, -0.1) is 0 Å². The maximum absolute atomic E-state index is 13.1. The molecule has 4 nitrogen and oxygen atoms in total. The minimum Gasteiger partial charge on any atom is -0.395 e. The quantitative estimate of drug-likeness (QED) is 0.818. The Morgan fingerprint density at radius 3 is 2.46 bits per heavy atom. The Bertz CT molecular complexity index is 690. The molecule has 2 aromatic carbocycles. The fourth-order valence-corrected chi connectivity index (χ4v) is 2.25. The van der Waals surface area contributed by atoms with Crippen molar-refractivity contribution in [2.24, 2.45) is 0 Å². The average molecular weight is 334 g/mol. The Hall–Kier alpha value is -2.47. The number of hydrogen-bond acceptors (Lipinski definition) is 3. The molecule has 2 aromatic rings. The van der Waals surface area contributed by atoms with Crippen molar-refractivity contribution in [3.63, 3.8) is 0 Å². The van der Waals surface area contributed by atoms with Gasteiger partial charge in [0.1, 0.15) is 0 Å². The number of nitrogens with zero attached hydrogens (tertiary/aromatic N) is 1. The lowest BCUT2D eigenvalue weighted by Gasteiger charge is -2.18. The van der Waals surface area contributed by atoms with Crippen molar-refractivity contribution in [3.8, 4) is 0 Å². The summed E-state index contributed by atoms with van der Waals surface area (Å²) in [6.07, 6.45) is 0.512. The topological polar surface area (TPSA) is 52.6 Å². The first-order valence-electron chi connectivity index (χ1n) is 7.65. The van der Waals surface area contributed by atoms with Crippen LogP contribution in [0.25, 0.3) is 0 Å². The molecule has 0 heterocycles. The van der Waals surface area contributed by atoms with Gasteiger partial charge in [-0.1, -0.05) is 6.07 Å². The summed E-state index contributed by atoms with van der Waals surface area (Å²) in [5.74, 6) is -2.00. The molecule has 0 unspecified atom stereocenters. The number of amides is 1. The number of anilines is 2. The van der Waals surface area contributed by atoms with E-state index < -0.39 is 11.6 Å². The van der Waals surface area contributed by atoms with Gasteiger partial charge in [0.15, 0.2) is 11.6 Å². The number of aliphatic hydroxyl groups is 1. The Labute approximate surface area is 139 Å². The fraction of sp³-hybridized carbons (Fsp3) is 0.278. The van der Waals surface area contributed by atoms with Gasteiger partial charge in [-0.25, -0.2) is 8.78 Å². The molecule has 0 atom stereocenters. The number of aryl methyl sites for hydroxylation is 1. The average Bonchev–Trinajstić information content (AvgIpc) is 2.57. The smallest absolute Gasteiger partial charge is 0.224 e. The van der Waals surface area contributed by atoms with Crippen LogP contribution in [-0.4, -0.2) is 31.2 Å². The van der Waals surface area contributed by atoms with E-state index in [0.29, 0.717) is 24.2 Å². The van der Waals surface area contributed by atoms with Crippen LogP contribution >= 0.6 is 0 Å². The number of carbonyl (C=O) groups excluding carboxylic acids is 1. The molecule has 0 saturated carbocycles. The molecular formula is C18H20F2N2O2. The van der Waals surface area contributed by atoms with Gasteiger partial charge >= 0.3 is 0 Å². The summed E-state index contributed by atoms with van der Waals surface area (Å²) in [6.45, 7) is 0.596. The number of likely N-dealkylation sites (N-methyl/N-ethyl adjacent to an activating group) is 1. The zero-order valence-corrected chi connectivity index (χ0v) is 13.4. The lowest BCUT2D eigenvalue weighted by atomic mass is 10.1. The number of nitrogens with one attached hydrogen (secondary N) is 1. The molecule has 0 radical (unpaired) electrons. The van der Waals surface area contributed by atoms with E-state index in [9.17, 15) is 13.6 Å². The van der Waals surface area contributed by atoms with Gasteiger partial charge in [0, 0.05) is 31.4 Å². The highest BCUT2D eigenvalue weighted by molar-refractivity contribution is 5.91. The van der Waals surface area contributed by atoms with Crippen LogP contribution in [-0.2, 0) is 11.2 Å². The van der Waals surface area contributed by atoms with Crippen molar-refractivity contribution in [1.29, 1.82) is 0 Å². The zero-order chi connectivity index (χ0) is 17.5. The van der Waals surface area contributed by atoms with Crippen LogP contribution in [0.5, 0.6) is 0 Å². The van der Waals surface area contributed by atoms with Gasteiger partial charge in [0.05, 0.1) is 6.61 Å². The third kappa shape index (κ3) is 5.03. The molecule has 0 fully saturated rings. The van der Waals surface area contributed by atoms with Gasteiger partial charge in [-0.05, 0) is 48.4 Å². The number of aliphatic hydroxyl groups excluding tert-OH is 1. The first kappa shape index (κ1) is 17.9. The Morgan fingerprint density at radius 1 is 1.12 bits per heavy atom. The van der Waals surface area contributed by atoms with E-state index >= 15 is 0 Å². The van der Waals surface area contributed by atoms with Crippen LogP contribution in [0.2, 0.25) is 0 Å². The normalized spacial score (nSPS) is 10.5. The summed E-state index contributed by atoms with van der Waals surface area (Å²) in [4.78, 5) is 13.8. The van der Waals surface area contributed by atoms with E-state index in [2.05, 4.69) is 5.32 Å². The monoisotopic (exact) mass is 334 g/mol. The van der Waals surface area contributed by atoms with Crippen molar-refractivity contribution >= 4 is 17.3 Å². The van der Waals surface area contributed by atoms with Crippen molar-refractivity contribution in [3.05, 3.63) is 59.7 Å². The highest BCUT2D eigenvalue weighted by Crippen LogP contribution is 2.17. The molecule has 6 heteroatoms. The predicted octanol–water partition coefficient (Wildman–Crippen LogP) is 2.96. The van der Waals surface area contributed by atoms with Crippen LogP contribution in [0.15, 0.2) is 42.5 Å². The maximum Gasteiger partial charge on any atom is 0.224 e. The number of halogens is 2. The molecule has 0 bridgehead atoms. The van der Waals surface area contributed by atoms with E-state index in [-0.39, 0.29) is 18.9 Å². The fourth-order valence-electron chi connectivity index (χ4n) is 2.25. The van der Waals surface area contributed by atoms with Crippen LogP contribution in [0.3, 0.4) is 0 Å². The van der Waals surface area contributed by atoms with Crippen LogP contribution in [0.4, 0.5) is 20.2 Å². The van der Waals surface area contributed by atoms with Gasteiger partial charge in [0.2, 0.25) is 5.91 Å². The van der Waals surface area contributed by atoms with Crippen LogP contribution in [0.1, 0.15) is 12.0 Å². The minimum atomic E-state index is -0.907. The molecule has 0 saturated heterocycles. The van der Waals surface area contributed by atoms with Crippen molar-refractivity contribution in [1.82, 2.24) is 0 Å². The summed E-state index contributed by atoms with van der Waals surface area (Å²) >= 11 is 0. The minimum absolute atomic E-state index is 0.0684. The highest BCUT2D eigenvalue weighted by Gasteiger charge is 2.07. The van der Waals surface area contributed by atoms with E-state index in [0.717, 1.165) is 17.8 Å². The van der Waals surface area contributed by atoms with Gasteiger partial charge in [-0.3, -0.25) is 4.79 Å². The molecule has 1 amide bonds. The van der Waals surface area contributed by atoms with E-state index in [1.54, 1.807) is 12.1 Å². The Morgan fingerprint density at radius 2 is 1.83 bits per heavy atom. The van der Waals surface area contributed by atoms with E-state index in [4.69, 9.17) is 5.11 Å². The van der Waals surface area contributed by atoms with E-state index in [1.807, 2.05) is 24.1 Å². The Balaban J connectivity index is 1.86. The summed E-state index contributed by atoms with van der Waals surface area (Å²) < 4.78 is 26.0. The van der Waals surface area contributed by atoms with Gasteiger partial charge < -0.3 is 15.3 Å². The summed E-state index contributed by atoms with van der Waals surface area (Å²) in [5, 5.41) is 11.7. The Kier molecular flexibility index (Phi) is 6.26.